The van der Waals surface area contributed by atoms with Gasteiger partial charge < -0.3 is 20.2 Å². The van der Waals surface area contributed by atoms with E-state index in [0.717, 1.165) is 51.2 Å². The number of aliphatic hydroxyl groups excluding tert-OH is 1. The number of nitrogens with one attached hydrogen (secondary N) is 1. The molecule has 2 saturated heterocycles. The van der Waals surface area contributed by atoms with Gasteiger partial charge >= 0.3 is 6.18 Å². The van der Waals surface area contributed by atoms with Crippen LogP contribution in [0.15, 0.2) is 42.7 Å². The first-order valence-corrected chi connectivity index (χ1v) is 18.2. The summed E-state index contributed by atoms with van der Waals surface area (Å²) in [6.45, 7) is 2.54. The molecule has 264 valence electrons. The number of pyridine rings is 1. The van der Waals surface area contributed by atoms with E-state index in [0.29, 0.717) is 41.9 Å². The Morgan fingerprint density at radius 2 is 1.80 bits per heavy atom. The first-order chi connectivity index (χ1) is 23.3. The summed E-state index contributed by atoms with van der Waals surface area (Å²) in [5.41, 5.74) is 1.09. The number of aromatic nitrogens is 3. The molecule has 3 aromatic rings. The second-order valence-electron chi connectivity index (χ2n) is 13.0. The molecular formula is C33H40F3N7O5S. The molecule has 1 atom stereocenters. The number of hydrogen-bond acceptors (Lipinski definition) is 8. The van der Waals surface area contributed by atoms with E-state index in [1.807, 2.05) is 4.90 Å². The van der Waals surface area contributed by atoms with Crippen molar-refractivity contribution >= 4 is 21.8 Å². The van der Waals surface area contributed by atoms with Gasteiger partial charge in [0.25, 0.3) is 5.91 Å². The number of likely N-dealkylation sites (tertiary alicyclic amines) is 2. The molecule has 2 fully saturated rings. The highest BCUT2D eigenvalue weighted by Crippen LogP contribution is 2.37. The van der Waals surface area contributed by atoms with Crippen LogP contribution in [0.25, 0.3) is 11.3 Å². The molecule has 2 aromatic heterocycles. The summed E-state index contributed by atoms with van der Waals surface area (Å²) in [4.78, 5) is 32.8. The number of benzene rings is 1. The van der Waals surface area contributed by atoms with Crippen molar-refractivity contribution in [3.8, 4) is 11.3 Å². The van der Waals surface area contributed by atoms with Crippen molar-refractivity contribution in [3.05, 3.63) is 70.7 Å². The van der Waals surface area contributed by atoms with Gasteiger partial charge in [0.15, 0.2) is 0 Å². The number of piperidine rings is 1. The Kier molecular flexibility index (Phi) is 10.1. The van der Waals surface area contributed by atoms with Crippen LogP contribution in [0.1, 0.15) is 58.4 Å². The number of halogens is 3. The Balaban J connectivity index is 1.24. The lowest BCUT2D eigenvalue weighted by Crippen LogP contribution is -2.47. The number of carbonyl (C=O) groups is 2. The van der Waals surface area contributed by atoms with Crippen LogP contribution in [-0.2, 0) is 47.0 Å². The van der Waals surface area contributed by atoms with E-state index in [2.05, 4.69) is 15.2 Å². The van der Waals surface area contributed by atoms with Gasteiger partial charge in [0.1, 0.15) is 0 Å². The summed E-state index contributed by atoms with van der Waals surface area (Å²) in [6.07, 6.45) is 1.90. The Labute approximate surface area is 282 Å². The fraction of sp³-hybridized carbons (Fsp3) is 0.515. The van der Waals surface area contributed by atoms with E-state index in [-0.39, 0.29) is 42.7 Å². The number of rotatable bonds is 10. The average molecular weight is 704 g/mol. The minimum Gasteiger partial charge on any atom is -0.390 e. The van der Waals surface area contributed by atoms with Crippen molar-refractivity contribution in [1.29, 1.82) is 0 Å². The van der Waals surface area contributed by atoms with Crippen molar-refractivity contribution in [2.45, 2.75) is 70.1 Å². The molecule has 1 unspecified atom stereocenters. The Morgan fingerprint density at radius 3 is 2.45 bits per heavy atom. The van der Waals surface area contributed by atoms with Crippen LogP contribution in [0.3, 0.4) is 0 Å². The molecule has 16 heteroatoms. The quantitative estimate of drug-likeness (QED) is 0.329. The lowest BCUT2D eigenvalue weighted by atomic mass is 9.97. The first kappa shape index (κ1) is 35.0. The molecule has 3 aliphatic heterocycles. The highest BCUT2D eigenvalue weighted by molar-refractivity contribution is 7.88. The number of sulfonamides is 1. The Morgan fingerprint density at radius 1 is 1.06 bits per heavy atom. The van der Waals surface area contributed by atoms with Gasteiger partial charge in [0.05, 0.1) is 30.2 Å². The summed E-state index contributed by atoms with van der Waals surface area (Å²) in [6, 6.07) is 6.70. The molecule has 0 radical (unpaired) electrons. The lowest BCUT2D eigenvalue weighted by Gasteiger charge is -2.37. The SMILES string of the molecule is CS(=O)(=O)N1CCc2c(c(-c3ccc(C(F)(F)F)c(CNC(=O)c4ccncc4)c3)nn2CC(O)CN2CCC(N3CCCC3=O)CC2)C1. The molecule has 0 bridgehead atoms. The molecule has 6 rings (SSSR count). The van der Waals surface area contributed by atoms with Crippen LogP contribution in [0.4, 0.5) is 13.2 Å². The zero-order valence-electron chi connectivity index (χ0n) is 27.2. The number of carbonyl (C=O) groups excluding carboxylic acids is 2. The van der Waals surface area contributed by atoms with Gasteiger partial charge in [-0.3, -0.25) is 19.3 Å². The van der Waals surface area contributed by atoms with E-state index < -0.39 is 40.3 Å². The molecular weight excluding hydrogens is 663 g/mol. The van der Waals surface area contributed by atoms with Gasteiger partial charge in [-0.1, -0.05) is 6.07 Å². The van der Waals surface area contributed by atoms with Gasteiger partial charge in [0, 0.05) is 99.5 Å². The predicted octanol–water partition coefficient (Wildman–Crippen LogP) is 2.66. The first-order valence-electron chi connectivity index (χ1n) is 16.4. The van der Waals surface area contributed by atoms with E-state index in [1.165, 1.54) is 41.0 Å². The molecule has 2 N–H and O–H groups in total. The van der Waals surface area contributed by atoms with Crippen LogP contribution in [0.5, 0.6) is 0 Å². The minimum atomic E-state index is -4.69. The van der Waals surface area contributed by atoms with Crippen molar-refractivity contribution in [1.82, 2.24) is 34.2 Å². The highest BCUT2D eigenvalue weighted by atomic mass is 32.2. The van der Waals surface area contributed by atoms with Gasteiger partial charge in [0.2, 0.25) is 15.9 Å². The summed E-state index contributed by atoms with van der Waals surface area (Å²) in [5.74, 6) is -0.351. The fourth-order valence-electron chi connectivity index (χ4n) is 7.10. The molecule has 12 nitrogen and oxygen atoms in total. The maximum Gasteiger partial charge on any atom is 0.416 e. The monoisotopic (exact) mass is 703 g/mol. The van der Waals surface area contributed by atoms with Crippen LogP contribution < -0.4 is 5.32 Å². The summed E-state index contributed by atoms with van der Waals surface area (Å²) < 4.78 is 70.2. The molecule has 0 saturated carbocycles. The average Bonchev–Trinajstić information content (AvgIpc) is 3.66. The lowest BCUT2D eigenvalue weighted by molar-refractivity contribution is -0.138. The van der Waals surface area contributed by atoms with Crippen LogP contribution in [-0.4, -0.2) is 105 Å². The fourth-order valence-corrected chi connectivity index (χ4v) is 7.89. The zero-order chi connectivity index (χ0) is 34.9. The Hall–Kier alpha value is -3.86. The largest absolute Gasteiger partial charge is 0.416 e. The summed E-state index contributed by atoms with van der Waals surface area (Å²) >= 11 is 0. The molecule has 2 amide bonds. The second kappa shape index (κ2) is 14.2. The number of hydrogen-bond donors (Lipinski definition) is 2. The van der Waals surface area contributed by atoms with E-state index in [4.69, 9.17) is 5.10 Å². The topological polar surface area (TPSA) is 141 Å². The maximum atomic E-state index is 14.1. The highest BCUT2D eigenvalue weighted by Gasteiger charge is 2.36. The summed E-state index contributed by atoms with van der Waals surface area (Å²) in [7, 11) is -3.58. The number of nitrogens with zero attached hydrogens (tertiary/aromatic N) is 6. The van der Waals surface area contributed by atoms with Crippen molar-refractivity contribution < 1.29 is 36.3 Å². The molecule has 3 aliphatic rings. The van der Waals surface area contributed by atoms with Gasteiger partial charge in [-0.25, -0.2) is 8.42 Å². The number of fused-ring (bicyclic) bond motifs is 1. The summed E-state index contributed by atoms with van der Waals surface area (Å²) in [5, 5.41) is 18.5. The standard InChI is InChI=1S/C33H40F3N7O5S/c1-49(47,48)41-16-10-29-27(21-41)31(39-43(29)20-26(44)19-40-14-8-25(9-15-40)42-13-2-3-30(42)45)23-4-5-28(33(34,35)36)24(17-23)18-38-32(46)22-6-11-37-12-7-22/h4-7,11-12,17,25-26,44H,2-3,8-10,13-16,18-21H2,1H3,(H,38,46). The molecule has 0 spiro atoms. The normalized spacial score (nSPS) is 18.9. The van der Waals surface area contributed by atoms with E-state index >= 15 is 0 Å². The molecule has 5 heterocycles. The Bertz CT molecular complexity index is 1790. The van der Waals surface area contributed by atoms with Gasteiger partial charge in [-0.05, 0) is 49.1 Å². The van der Waals surface area contributed by atoms with Crippen molar-refractivity contribution in [3.63, 3.8) is 0 Å². The van der Waals surface area contributed by atoms with Gasteiger partial charge in [-0.2, -0.15) is 22.6 Å². The van der Waals surface area contributed by atoms with Crippen LogP contribution in [0.2, 0.25) is 0 Å². The molecule has 1 aromatic carbocycles. The predicted molar refractivity (Wildman–Crippen MR) is 173 cm³/mol. The van der Waals surface area contributed by atoms with Gasteiger partial charge in [-0.15, -0.1) is 0 Å². The number of alkyl halides is 3. The minimum absolute atomic E-state index is 0.0164. The van der Waals surface area contributed by atoms with Crippen LogP contribution >= 0.6 is 0 Å². The zero-order valence-corrected chi connectivity index (χ0v) is 28.0. The molecule has 0 aliphatic carbocycles. The van der Waals surface area contributed by atoms with E-state index in [1.54, 1.807) is 4.68 Å². The van der Waals surface area contributed by atoms with Crippen molar-refractivity contribution in [2.24, 2.45) is 0 Å². The smallest absolute Gasteiger partial charge is 0.390 e. The van der Waals surface area contributed by atoms with Crippen LogP contribution in [0, 0.1) is 0 Å². The second-order valence-corrected chi connectivity index (χ2v) is 14.9. The number of amides is 2. The van der Waals surface area contributed by atoms with E-state index in [9.17, 15) is 36.3 Å². The third-order valence-electron chi connectivity index (χ3n) is 9.59. The number of aliphatic hydroxyl groups is 1. The third-order valence-corrected chi connectivity index (χ3v) is 10.8. The number of β-amino-alcohol motifs (C(OH)–C–C–N with tert-alkyl or cyclic N) is 1. The molecule has 49 heavy (non-hydrogen) atoms. The third kappa shape index (κ3) is 7.97. The maximum absolute atomic E-state index is 14.1. The van der Waals surface area contributed by atoms with Crippen molar-refractivity contribution in [2.75, 3.05) is 39.0 Å².